The number of hydrogen-bond donors (Lipinski definition) is 1. The van der Waals surface area contributed by atoms with Crippen LogP contribution in [0.25, 0.3) is 0 Å². The summed E-state index contributed by atoms with van der Waals surface area (Å²) in [7, 11) is 0. The van der Waals surface area contributed by atoms with Crippen LogP contribution in [0.5, 0.6) is 5.75 Å². The highest BCUT2D eigenvalue weighted by Gasteiger charge is 2.24. The fraction of sp³-hybridized carbons (Fsp3) is 0.579. The molecule has 2 rings (SSSR count). The number of amides is 1. The molecule has 1 fully saturated rings. The summed E-state index contributed by atoms with van der Waals surface area (Å²) in [6.45, 7) is 2.42. The summed E-state index contributed by atoms with van der Waals surface area (Å²) < 4.78 is 5.49. The van der Waals surface area contributed by atoms with Crippen molar-refractivity contribution in [2.24, 2.45) is 5.92 Å². The highest BCUT2D eigenvalue weighted by molar-refractivity contribution is 5.82. The molecule has 1 unspecified atom stereocenters. The monoisotopic (exact) mass is 378 g/mol. The van der Waals surface area contributed by atoms with Crippen molar-refractivity contribution in [3.63, 3.8) is 0 Å². The van der Waals surface area contributed by atoms with Gasteiger partial charge in [0, 0.05) is 19.0 Å². The smallest absolute Gasteiger partial charge is 0.280 e. The lowest BCUT2D eigenvalue weighted by Gasteiger charge is -2.28. The van der Waals surface area contributed by atoms with Gasteiger partial charge in [0.25, 0.3) is 5.69 Å². The number of ether oxygens (including phenoxy) is 1. The average molecular weight is 378 g/mol. The van der Waals surface area contributed by atoms with E-state index in [1.165, 1.54) is 35.9 Å². The Balaban J connectivity index is 1.81. The Morgan fingerprint density at radius 1 is 1.44 bits per heavy atom. The van der Waals surface area contributed by atoms with Crippen molar-refractivity contribution in [2.75, 3.05) is 13.2 Å². The minimum atomic E-state index is -0.816. The molecule has 1 N–H and O–H groups in total. The molecule has 1 atom stereocenters. The number of carbonyl (C=O) groups excluding carboxylic acids is 2. The minimum Gasteiger partial charge on any atom is -0.494 e. The molecule has 8 nitrogen and oxygen atoms in total. The van der Waals surface area contributed by atoms with Gasteiger partial charge < -0.3 is 14.7 Å². The largest absolute Gasteiger partial charge is 0.494 e. The number of benzene rings is 1. The normalized spacial score (nSPS) is 15.3. The van der Waals surface area contributed by atoms with Crippen LogP contribution in [0.15, 0.2) is 18.2 Å². The van der Waals surface area contributed by atoms with Crippen molar-refractivity contribution in [2.45, 2.75) is 51.7 Å². The first-order valence-electron chi connectivity index (χ1n) is 9.26. The van der Waals surface area contributed by atoms with E-state index in [0.717, 1.165) is 12.8 Å². The number of rotatable bonds is 10. The topological polar surface area (TPSA) is 110 Å². The van der Waals surface area contributed by atoms with E-state index < -0.39 is 11.2 Å². The molecule has 0 bridgehead atoms. The third-order valence-electron chi connectivity index (χ3n) is 4.83. The highest BCUT2D eigenvalue weighted by Crippen LogP contribution is 2.26. The van der Waals surface area contributed by atoms with Gasteiger partial charge in [-0.1, -0.05) is 12.8 Å². The first-order valence-corrected chi connectivity index (χ1v) is 9.26. The third kappa shape index (κ3) is 6.02. The molecule has 8 heteroatoms. The molecule has 0 radical (unpaired) electrons. The van der Waals surface area contributed by atoms with Gasteiger partial charge in [0.05, 0.1) is 17.1 Å². The standard InChI is InChI=1S/C19H26N2O6/c1-14(23)20(12-15-5-2-3-6-15)19(24)7-4-10-27-17-8-9-18(21(25)26)16(11-17)13-22/h8-9,11,13-15,23H,2-7,10,12H2,1H3. The van der Waals surface area contributed by atoms with E-state index in [2.05, 4.69) is 0 Å². The van der Waals surface area contributed by atoms with Gasteiger partial charge in [0.1, 0.15) is 12.0 Å². The fourth-order valence-corrected chi connectivity index (χ4v) is 3.37. The molecule has 1 aliphatic rings. The maximum Gasteiger partial charge on any atom is 0.280 e. The molecule has 1 aromatic carbocycles. The van der Waals surface area contributed by atoms with Crippen LogP contribution >= 0.6 is 0 Å². The van der Waals surface area contributed by atoms with Crippen molar-refractivity contribution in [1.82, 2.24) is 4.90 Å². The summed E-state index contributed by atoms with van der Waals surface area (Å²) in [5.41, 5.74) is -0.322. The maximum atomic E-state index is 12.4. The summed E-state index contributed by atoms with van der Waals surface area (Å²) in [6, 6.07) is 3.96. The van der Waals surface area contributed by atoms with Gasteiger partial charge in [-0.05, 0) is 44.2 Å². The van der Waals surface area contributed by atoms with E-state index in [-0.39, 0.29) is 30.2 Å². The summed E-state index contributed by atoms with van der Waals surface area (Å²) in [5, 5.41) is 20.7. The number of nitro groups is 1. The van der Waals surface area contributed by atoms with Gasteiger partial charge in [-0.3, -0.25) is 19.7 Å². The van der Waals surface area contributed by atoms with Crippen LogP contribution in [-0.2, 0) is 4.79 Å². The predicted molar refractivity (Wildman–Crippen MR) is 98.6 cm³/mol. The second kappa shape index (κ2) is 10.0. The van der Waals surface area contributed by atoms with E-state index in [0.29, 0.717) is 30.9 Å². The van der Waals surface area contributed by atoms with Crippen LogP contribution in [0.1, 0.15) is 55.8 Å². The van der Waals surface area contributed by atoms with Crippen LogP contribution in [0.3, 0.4) is 0 Å². The Hall–Kier alpha value is -2.48. The quantitative estimate of drug-likeness (QED) is 0.220. The van der Waals surface area contributed by atoms with Gasteiger partial charge >= 0.3 is 0 Å². The predicted octanol–water partition coefficient (Wildman–Crippen LogP) is 2.92. The second-order valence-electron chi connectivity index (χ2n) is 6.88. The zero-order chi connectivity index (χ0) is 19.8. The van der Waals surface area contributed by atoms with Gasteiger partial charge in [-0.15, -0.1) is 0 Å². The maximum absolute atomic E-state index is 12.4. The number of hydrogen-bond acceptors (Lipinski definition) is 6. The Labute approximate surface area is 158 Å². The number of aldehydes is 1. The summed E-state index contributed by atoms with van der Waals surface area (Å²) >= 11 is 0. The van der Waals surface area contributed by atoms with Gasteiger partial charge in [-0.2, -0.15) is 0 Å². The lowest BCUT2D eigenvalue weighted by molar-refractivity contribution is -0.385. The molecule has 27 heavy (non-hydrogen) atoms. The molecule has 0 aliphatic heterocycles. The third-order valence-corrected chi connectivity index (χ3v) is 4.83. The van der Waals surface area contributed by atoms with Crippen molar-refractivity contribution in [1.29, 1.82) is 0 Å². The lowest BCUT2D eigenvalue weighted by atomic mass is 10.1. The number of aliphatic hydroxyl groups is 1. The Kier molecular flexibility index (Phi) is 7.72. The Morgan fingerprint density at radius 2 is 2.15 bits per heavy atom. The first-order chi connectivity index (χ1) is 12.9. The second-order valence-corrected chi connectivity index (χ2v) is 6.88. The highest BCUT2D eigenvalue weighted by atomic mass is 16.6. The molecule has 0 saturated heterocycles. The van der Waals surface area contributed by atoms with Crippen LogP contribution < -0.4 is 4.74 Å². The molecular weight excluding hydrogens is 352 g/mol. The average Bonchev–Trinajstić information content (AvgIpc) is 3.15. The zero-order valence-electron chi connectivity index (χ0n) is 15.5. The minimum absolute atomic E-state index is 0.0505. The number of nitro benzene ring substituents is 1. The van der Waals surface area contributed by atoms with Gasteiger partial charge in [-0.25, -0.2) is 0 Å². The molecule has 0 aromatic heterocycles. The number of carbonyl (C=O) groups is 2. The van der Waals surface area contributed by atoms with Crippen molar-refractivity contribution in [3.8, 4) is 5.75 Å². The molecule has 1 saturated carbocycles. The van der Waals surface area contributed by atoms with E-state index in [9.17, 15) is 24.8 Å². The van der Waals surface area contributed by atoms with Crippen LogP contribution in [0, 0.1) is 16.0 Å². The van der Waals surface area contributed by atoms with Crippen LogP contribution in [-0.4, -0.2) is 46.5 Å². The number of aliphatic hydroxyl groups excluding tert-OH is 1. The van der Waals surface area contributed by atoms with E-state index in [1.54, 1.807) is 6.92 Å². The van der Waals surface area contributed by atoms with E-state index >= 15 is 0 Å². The summed E-state index contributed by atoms with van der Waals surface area (Å²) in [6.07, 6.45) is 4.83. The molecule has 0 spiro atoms. The van der Waals surface area contributed by atoms with Gasteiger partial charge in [0.15, 0.2) is 6.29 Å². The molecule has 1 aliphatic carbocycles. The fourth-order valence-electron chi connectivity index (χ4n) is 3.37. The van der Waals surface area contributed by atoms with Crippen LogP contribution in [0.4, 0.5) is 5.69 Å². The Morgan fingerprint density at radius 3 is 2.74 bits per heavy atom. The lowest BCUT2D eigenvalue weighted by Crippen LogP contribution is -2.41. The summed E-state index contributed by atoms with van der Waals surface area (Å²) in [4.78, 5) is 35.1. The summed E-state index contributed by atoms with van der Waals surface area (Å²) in [5.74, 6) is 0.688. The molecule has 148 valence electrons. The number of nitrogens with zero attached hydrogens (tertiary/aromatic N) is 2. The van der Waals surface area contributed by atoms with Crippen molar-refractivity contribution >= 4 is 17.9 Å². The zero-order valence-corrected chi connectivity index (χ0v) is 15.5. The molecule has 1 aromatic rings. The van der Waals surface area contributed by atoms with Gasteiger partial charge in [0.2, 0.25) is 5.91 Å². The van der Waals surface area contributed by atoms with Crippen molar-refractivity contribution < 1.29 is 24.4 Å². The Bertz CT molecular complexity index is 670. The molecule has 0 heterocycles. The molecular formula is C19H26N2O6. The van der Waals surface area contributed by atoms with E-state index in [4.69, 9.17) is 4.74 Å². The molecule has 1 amide bonds. The van der Waals surface area contributed by atoms with Crippen LogP contribution in [0.2, 0.25) is 0 Å². The SMILES string of the molecule is CC(O)N(CC1CCCC1)C(=O)CCCOc1ccc([N+](=O)[O-])c(C=O)c1. The van der Waals surface area contributed by atoms with Crippen molar-refractivity contribution in [3.05, 3.63) is 33.9 Å². The first kappa shape index (κ1) is 20.8. The van der Waals surface area contributed by atoms with E-state index in [1.807, 2.05) is 0 Å².